The maximum Gasteiger partial charge on any atom is 0.189 e. The van der Waals surface area contributed by atoms with Crippen molar-refractivity contribution in [2.75, 3.05) is 26.8 Å². The van der Waals surface area contributed by atoms with Gasteiger partial charge in [0.25, 0.3) is 0 Å². The van der Waals surface area contributed by atoms with Crippen LogP contribution in [0.1, 0.15) is 110 Å². The van der Waals surface area contributed by atoms with E-state index >= 15 is 0 Å². The fraction of sp³-hybridized carbons (Fsp3) is 0.677. The van der Waals surface area contributed by atoms with Gasteiger partial charge in [0.1, 0.15) is 11.5 Å². The molecule has 1 aromatic carbocycles. The lowest BCUT2D eigenvalue weighted by Gasteiger charge is -2.34. The molecule has 4 nitrogen and oxygen atoms in total. The lowest BCUT2D eigenvalue weighted by molar-refractivity contribution is 0.0164. The maximum atomic E-state index is 6.32. The average molecular weight is 487 g/mol. The quantitative estimate of drug-likeness (QED) is 0.133. The highest BCUT2D eigenvalue weighted by Crippen LogP contribution is 2.48. The van der Waals surface area contributed by atoms with Gasteiger partial charge in [-0.05, 0) is 76.0 Å². The van der Waals surface area contributed by atoms with Crippen molar-refractivity contribution >= 4 is 0 Å². The van der Waals surface area contributed by atoms with Crippen molar-refractivity contribution in [3.05, 3.63) is 47.1 Å². The Hall–Kier alpha value is -1.78. The first-order valence-corrected chi connectivity index (χ1v) is 13.7. The van der Waals surface area contributed by atoms with Crippen LogP contribution in [-0.4, -0.2) is 26.8 Å². The molecule has 35 heavy (non-hydrogen) atoms. The summed E-state index contributed by atoms with van der Waals surface area (Å²) in [5, 5.41) is 0. The Bertz CT molecular complexity index is 792. The van der Waals surface area contributed by atoms with Gasteiger partial charge in [-0.25, -0.2) is 0 Å². The Balaban J connectivity index is 2.59. The summed E-state index contributed by atoms with van der Waals surface area (Å²) in [6.07, 6.45) is 10.7. The number of benzene rings is 1. The second-order valence-electron chi connectivity index (χ2n) is 10.6. The zero-order chi connectivity index (χ0) is 25.8. The summed E-state index contributed by atoms with van der Waals surface area (Å²) in [6, 6.07) is 4.46. The van der Waals surface area contributed by atoms with E-state index in [4.69, 9.17) is 18.9 Å². The Morgan fingerprint density at radius 1 is 0.971 bits per heavy atom. The second-order valence-corrected chi connectivity index (χ2v) is 10.6. The van der Waals surface area contributed by atoms with Crippen molar-refractivity contribution in [2.24, 2.45) is 5.92 Å². The van der Waals surface area contributed by atoms with Gasteiger partial charge >= 0.3 is 0 Å². The van der Waals surface area contributed by atoms with E-state index in [1.54, 1.807) is 0 Å². The van der Waals surface area contributed by atoms with Gasteiger partial charge in [-0.3, -0.25) is 0 Å². The molecule has 1 aliphatic carbocycles. The van der Waals surface area contributed by atoms with Crippen molar-refractivity contribution in [2.45, 2.75) is 105 Å². The summed E-state index contributed by atoms with van der Waals surface area (Å²) < 4.78 is 23.9. The summed E-state index contributed by atoms with van der Waals surface area (Å²) in [7, 11) is 0. The van der Waals surface area contributed by atoms with Crippen LogP contribution in [0.3, 0.4) is 0 Å². The number of hydrogen-bond acceptors (Lipinski definition) is 4. The molecule has 0 aliphatic heterocycles. The minimum absolute atomic E-state index is 0.00575. The molecule has 4 heteroatoms. The van der Waals surface area contributed by atoms with Gasteiger partial charge in [0, 0.05) is 24.7 Å². The highest BCUT2D eigenvalue weighted by Gasteiger charge is 2.33. The van der Waals surface area contributed by atoms with Crippen LogP contribution in [0.4, 0.5) is 0 Å². The average Bonchev–Trinajstić information content (AvgIpc) is 2.81. The summed E-state index contributed by atoms with van der Waals surface area (Å²) in [4.78, 5) is 0. The molecule has 1 aromatic rings. The van der Waals surface area contributed by atoms with E-state index < -0.39 is 0 Å². The van der Waals surface area contributed by atoms with E-state index in [1.807, 2.05) is 13.8 Å². The molecule has 0 amide bonds. The van der Waals surface area contributed by atoms with Crippen molar-refractivity contribution in [1.29, 1.82) is 0 Å². The number of ether oxygens (including phenoxy) is 4. The van der Waals surface area contributed by atoms with Crippen molar-refractivity contribution in [1.82, 2.24) is 0 Å². The van der Waals surface area contributed by atoms with Gasteiger partial charge in [-0.2, -0.15) is 0 Å². The third kappa shape index (κ3) is 8.68. The van der Waals surface area contributed by atoms with Gasteiger partial charge in [0.2, 0.25) is 0 Å². The number of rotatable bonds is 16. The highest BCUT2D eigenvalue weighted by atomic mass is 16.7. The molecular formula is C31H50O4. The van der Waals surface area contributed by atoms with Gasteiger partial charge in [-0.15, -0.1) is 0 Å². The van der Waals surface area contributed by atoms with E-state index in [1.165, 1.54) is 42.4 Å². The minimum Gasteiger partial charge on any atom is -0.467 e. The first-order chi connectivity index (χ1) is 16.7. The smallest absolute Gasteiger partial charge is 0.189 e. The van der Waals surface area contributed by atoms with Crippen LogP contribution < -0.4 is 9.47 Å². The summed E-state index contributed by atoms with van der Waals surface area (Å²) >= 11 is 0. The molecule has 0 bridgehead atoms. The third-order valence-electron chi connectivity index (χ3n) is 7.26. The molecule has 2 atom stereocenters. The molecular weight excluding hydrogens is 436 g/mol. The SMILES string of the molecule is C=C(C)[C@@H]1CCC(C)=C[C@H]1c1c(OCOCC)cc(C(C)(C)CCCCCC)cc1OCOCC. The molecule has 0 fully saturated rings. The molecule has 0 heterocycles. The van der Waals surface area contributed by atoms with Crippen molar-refractivity contribution in [3.63, 3.8) is 0 Å². The number of allylic oxidation sites excluding steroid dienone is 3. The van der Waals surface area contributed by atoms with Gasteiger partial charge in [0.15, 0.2) is 13.6 Å². The number of hydrogen-bond donors (Lipinski definition) is 0. The first-order valence-electron chi connectivity index (χ1n) is 13.7. The summed E-state index contributed by atoms with van der Waals surface area (Å²) in [6.45, 7) is 21.3. The Morgan fingerprint density at radius 2 is 1.57 bits per heavy atom. The van der Waals surface area contributed by atoms with Crippen LogP contribution in [0, 0.1) is 5.92 Å². The largest absolute Gasteiger partial charge is 0.467 e. The maximum absolute atomic E-state index is 6.32. The van der Waals surface area contributed by atoms with E-state index in [0.29, 0.717) is 19.1 Å². The molecule has 1 aliphatic rings. The van der Waals surface area contributed by atoms with E-state index in [2.05, 4.69) is 59.4 Å². The predicted octanol–water partition coefficient (Wildman–Crippen LogP) is 8.70. The van der Waals surface area contributed by atoms with Gasteiger partial charge in [0.05, 0.1) is 0 Å². The fourth-order valence-corrected chi connectivity index (χ4v) is 4.98. The molecule has 198 valence electrons. The molecule has 0 spiro atoms. The fourth-order valence-electron chi connectivity index (χ4n) is 4.98. The molecule has 0 radical (unpaired) electrons. The van der Waals surface area contributed by atoms with E-state index in [0.717, 1.165) is 36.3 Å². The number of unbranched alkanes of at least 4 members (excludes halogenated alkanes) is 3. The zero-order valence-electron chi connectivity index (χ0n) is 23.5. The Morgan fingerprint density at radius 3 is 2.09 bits per heavy atom. The van der Waals surface area contributed by atoms with Crippen LogP contribution >= 0.6 is 0 Å². The summed E-state index contributed by atoms with van der Waals surface area (Å²) in [5.74, 6) is 2.20. The van der Waals surface area contributed by atoms with Crippen LogP contribution in [-0.2, 0) is 14.9 Å². The second kappa shape index (κ2) is 14.7. The lowest BCUT2D eigenvalue weighted by Crippen LogP contribution is -2.22. The molecule has 0 unspecified atom stereocenters. The molecule has 0 N–H and O–H groups in total. The van der Waals surface area contributed by atoms with E-state index in [-0.39, 0.29) is 24.9 Å². The van der Waals surface area contributed by atoms with Crippen LogP contribution in [0.5, 0.6) is 11.5 Å². The highest BCUT2D eigenvalue weighted by molar-refractivity contribution is 5.54. The van der Waals surface area contributed by atoms with E-state index in [9.17, 15) is 0 Å². The minimum atomic E-state index is 0.00575. The topological polar surface area (TPSA) is 36.9 Å². The normalized spacial score (nSPS) is 18.3. The predicted molar refractivity (Wildman–Crippen MR) is 147 cm³/mol. The molecule has 0 saturated heterocycles. The van der Waals surface area contributed by atoms with Crippen molar-refractivity contribution < 1.29 is 18.9 Å². The molecule has 0 saturated carbocycles. The van der Waals surface area contributed by atoms with Crippen LogP contribution in [0.15, 0.2) is 35.9 Å². The summed E-state index contributed by atoms with van der Waals surface area (Å²) in [5.41, 5.74) is 4.93. The molecule has 2 rings (SSSR count). The lowest BCUT2D eigenvalue weighted by atomic mass is 9.72. The standard InChI is InChI=1S/C31H50O4/c1-9-12-13-14-17-31(7,8)25-19-28(34-21-32-10-2)30(29(20-25)35-22-33-11-3)27-18-24(6)15-16-26(27)23(4)5/h18-20,26-27H,4,9-17,21-22H2,1-3,5-8H3/t26-,27+/m0/s1. The van der Waals surface area contributed by atoms with Crippen molar-refractivity contribution in [3.8, 4) is 11.5 Å². The van der Waals surface area contributed by atoms with Crippen LogP contribution in [0.25, 0.3) is 0 Å². The monoisotopic (exact) mass is 486 g/mol. The Labute approximate surface area is 215 Å². The Kier molecular flexibility index (Phi) is 12.4. The van der Waals surface area contributed by atoms with Crippen LogP contribution in [0.2, 0.25) is 0 Å². The molecule has 0 aromatic heterocycles. The zero-order valence-corrected chi connectivity index (χ0v) is 23.5. The van der Waals surface area contributed by atoms with Gasteiger partial charge < -0.3 is 18.9 Å². The first kappa shape index (κ1) is 29.5. The van der Waals surface area contributed by atoms with Gasteiger partial charge in [-0.1, -0.05) is 70.3 Å². The third-order valence-corrected chi connectivity index (χ3v) is 7.26.